The second-order valence-electron chi connectivity index (χ2n) is 6.69. The normalized spacial score (nSPS) is 14.2. The zero-order valence-corrected chi connectivity index (χ0v) is 15.2. The standard InChI is InChI=1S/C17H16ClN5O3/c1-17(2,25)16-20-14(21-26-16)13-11-7-22(3)15(24)12-9(18)5-4-6-10(12)23(11)8-19-13/h4-6,8,25H,7H2,1-3H3. The molecule has 4 rings (SSSR count). The van der Waals surface area contributed by atoms with Gasteiger partial charge in [0.05, 0.1) is 28.5 Å². The van der Waals surface area contributed by atoms with Gasteiger partial charge in [-0.05, 0) is 26.0 Å². The van der Waals surface area contributed by atoms with Crippen molar-refractivity contribution in [3.63, 3.8) is 0 Å². The maximum atomic E-state index is 12.7. The Morgan fingerprint density at radius 1 is 1.35 bits per heavy atom. The van der Waals surface area contributed by atoms with Crippen molar-refractivity contribution in [2.75, 3.05) is 7.05 Å². The summed E-state index contributed by atoms with van der Waals surface area (Å²) in [6.45, 7) is 3.41. The molecule has 0 aliphatic carbocycles. The van der Waals surface area contributed by atoms with Crippen molar-refractivity contribution in [3.05, 3.63) is 46.7 Å². The number of carbonyl (C=O) groups is 1. The minimum Gasteiger partial charge on any atom is -0.381 e. The van der Waals surface area contributed by atoms with Gasteiger partial charge in [-0.2, -0.15) is 4.98 Å². The van der Waals surface area contributed by atoms with Gasteiger partial charge < -0.3 is 14.5 Å². The zero-order chi connectivity index (χ0) is 18.6. The van der Waals surface area contributed by atoms with Crippen LogP contribution in [0.1, 0.15) is 35.8 Å². The van der Waals surface area contributed by atoms with Crippen molar-refractivity contribution in [2.45, 2.75) is 26.0 Å². The van der Waals surface area contributed by atoms with Crippen molar-refractivity contribution < 1.29 is 14.4 Å². The fraction of sp³-hybridized carbons (Fsp3) is 0.294. The van der Waals surface area contributed by atoms with E-state index in [0.717, 1.165) is 5.69 Å². The lowest BCUT2D eigenvalue weighted by Gasteiger charge is -2.14. The first-order valence-electron chi connectivity index (χ1n) is 7.95. The maximum Gasteiger partial charge on any atom is 0.258 e. The van der Waals surface area contributed by atoms with Gasteiger partial charge in [0.1, 0.15) is 17.6 Å². The minimum atomic E-state index is -1.26. The number of hydrogen-bond acceptors (Lipinski definition) is 6. The number of fused-ring (bicyclic) bond motifs is 3. The quantitative estimate of drug-likeness (QED) is 0.740. The highest BCUT2D eigenvalue weighted by Crippen LogP contribution is 2.33. The molecular formula is C17H16ClN5O3. The van der Waals surface area contributed by atoms with E-state index in [1.165, 1.54) is 0 Å². The molecule has 0 fully saturated rings. The summed E-state index contributed by atoms with van der Waals surface area (Å²) in [6, 6.07) is 5.28. The molecule has 9 heteroatoms. The van der Waals surface area contributed by atoms with Crippen molar-refractivity contribution in [3.8, 4) is 17.2 Å². The molecule has 0 atom stereocenters. The molecule has 3 aromatic rings. The van der Waals surface area contributed by atoms with Crippen LogP contribution in [0, 0.1) is 0 Å². The molecule has 134 valence electrons. The molecule has 1 N–H and O–H groups in total. The number of aliphatic hydroxyl groups is 1. The van der Waals surface area contributed by atoms with Crippen LogP contribution >= 0.6 is 11.6 Å². The molecule has 1 aliphatic rings. The maximum absolute atomic E-state index is 12.7. The number of rotatable bonds is 2. The van der Waals surface area contributed by atoms with Gasteiger partial charge in [-0.1, -0.05) is 22.8 Å². The summed E-state index contributed by atoms with van der Waals surface area (Å²) in [4.78, 5) is 22.9. The van der Waals surface area contributed by atoms with Gasteiger partial charge in [0.2, 0.25) is 5.82 Å². The van der Waals surface area contributed by atoms with Crippen LogP contribution in [0.5, 0.6) is 0 Å². The van der Waals surface area contributed by atoms with Gasteiger partial charge in [-0.3, -0.25) is 9.36 Å². The van der Waals surface area contributed by atoms with Crippen LogP contribution in [0.15, 0.2) is 29.0 Å². The Morgan fingerprint density at radius 3 is 2.81 bits per heavy atom. The largest absolute Gasteiger partial charge is 0.381 e. The summed E-state index contributed by atoms with van der Waals surface area (Å²) in [6.07, 6.45) is 1.60. The van der Waals surface area contributed by atoms with E-state index in [-0.39, 0.29) is 17.6 Å². The van der Waals surface area contributed by atoms with E-state index in [2.05, 4.69) is 15.1 Å². The predicted molar refractivity (Wildman–Crippen MR) is 92.9 cm³/mol. The molecular weight excluding hydrogens is 358 g/mol. The molecule has 0 spiro atoms. The summed E-state index contributed by atoms with van der Waals surface area (Å²) >= 11 is 6.27. The van der Waals surface area contributed by atoms with E-state index < -0.39 is 5.60 Å². The molecule has 0 saturated heterocycles. The Balaban J connectivity index is 1.90. The SMILES string of the molecule is CN1Cc2c(-c3noc(C(C)(C)O)n3)ncn2-c2cccc(Cl)c2C1=O. The summed E-state index contributed by atoms with van der Waals surface area (Å²) in [7, 11) is 1.69. The zero-order valence-electron chi connectivity index (χ0n) is 14.4. The Morgan fingerprint density at radius 2 is 2.12 bits per heavy atom. The van der Waals surface area contributed by atoms with E-state index in [1.54, 1.807) is 48.8 Å². The molecule has 1 aromatic carbocycles. The topological polar surface area (TPSA) is 97.3 Å². The average Bonchev–Trinajstić information content (AvgIpc) is 3.18. The number of carbonyl (C=O) groups excluding carboxylic acids is 1. The monoisotopic (exact) mass is 373 g/mol. The Hall–Kier alpha value is -2.71. The number of nitrogens with zero attached hydrogens (tertiary/aromatic N) is 5. The van der Waals surface area contributed by atoms with Gasteiger partial charge in [0.15, 0.2) is 0 Å². The summed E-state index contributed by atoms with van der Waals surface area (Å²) in [5, 5.41) is 14.3. The first kappa shape index (κ1) is 16.7. The fourth-order valence-electron chi connectivity index (χ4n) is 2.90. The molecule has 8 nitrogen and oxygen atoms in total. The number of imidazole rings is 1. The van der Waals surface area contributed by atoms with Gasteiger partial charge >= 0.3 is 0 Å². The highest BCUT2D eigenvalue weighted by atomic mass is 35.5. The van der Waals surface area contributed by atoms with E-state index in [0.29, 0.717) is 28.5 Å². The van der Waals surface area contributed by atoms with Crippen LogP contribution in [-0.2, 0) is 12.1 Å². The number of halogens is 1. The van der Waals surface area contributed by atoms with Gasteiger partial charge in [-0.15, -0.1) is 0 Å². The molecule has 1 aliphatic heterocycles. The van der Waals surface area contributed by atoms with Crippen LogP contribution in [0.4, 0.5) is 0 Å². The summed E-state index contributed by atoms with van der Waals surface area (Å²) < 4.78 is 6.95. The van der Waals surface area contributed by atoms with Gasteiger partial charge in [0, 0.05) is 7.05 Å². The van der Waals surface area contributed by atoms with E-state index >= 15 is 0 Å². The molecule has 0 saturated carbocycles. The van der Waals surface area contributed by atoms with E-state index in [1.807, 2.05) is 6.07 Å². The first-order valence-corrected chi connectivity index (χ1v) is 8.32. The Kier molecular flexibility index (Phi) is 3.64. The molecule has 0 bridgehead atoms. The smallest absolute Gasteiger partial charge is 0.258 e. The predicted octanol–water partition coefficient (Wildman–Crippen LogP) is 2.39. The van der Waals surface area contributed by atoms with Crippen LogP contribution in [0.25, 0.3) is 17.2 Å². The molecule has 26 heavy (non-hydrogen) atoms. The lowest BCUT2D eigenvalue weighted by atomic mass is 10.1. The van der Waals surface area contributed by atoms with E-state index in [9.17, 15) is 9.90 Å². The second-order valence-corrected chi connectivity index (χ2v) is 7.09. The van der Waals surface area contributed by atoms with Crippen molar-refractivity contribution >= 4 is 17.5 Å². The minimum absolute atomic E-state index is 0.0933. The number of benzene rings is 1. The van der Waals surface area contributed by atoms with Crippen molar-refractivity contribution in [1.29, 1.82) is 0 Å². The van der Waals surface area contributed by atoms with Crippen LogP contribution < -0.4 is 0 Å². The molecule has 0 unspecified atom stereocenters. The highest BCUT2D eigenvalue weighted by Gasteiger charge is 2.31. The van der Waals surface area contributed by atoms with Crippen LogP contribution in [-0.4, -0.2) is 42.7 Å². The second kappa shape index (κ2) is 5.65. The average molecular weight is 374 g/mol. The fourth-order valence-corrected chi connectivity index (χ4v) is 3.15. The van der Waals surface area contributed by atoms with E-state index in [4.69, 9.17) is 16.1 Å². The van der Waals surface area contributed by atoms with Crippen molar-refractivity contribution in [1.82, 2.24) is 24.6 Å². The number of amides is 1. The first-order chi connectivity index (χ1) is 12.3. The third kappa shape index (κ3) is 2.49. The lowest BCUT2D eigenvalue weighted by Crippen LogP contribution is -2.25. The molecule has 1 amide bonds. The number of aromatic nitrogens is 4. The van der Waals surface area contributed by atoms with Crippen LogP contribution in [0.2, 0.25) is 5.02 Å². The van der Waals surface area contributed by atoms with Crippen molar-refractivity contribution in [2.24, 2.45) is 0 Å². The summed E-state index contributed by atoms with van der Waals surface area (Å²) in [5.41, 5.74) is 1.02. The molecule has 3 heterocycles. The molecule has 0 radical (unpaired) electrons. The summed E-state index contributed by atoms with van der Waals surface area (Å²) in [5.74, 6) is 0.170. The highest BCUT2D eigenvalue weighted by molar-refractivity contribution is 6.34. The molecule has 2 aromatic heterocycles. The Labute approximate surface area is 154 Å². The Bertz CT molecular complexity index is 1020. The lowest BCUT2D eigenvalue weighted by molar-refractivity contribution is 0.0420. The number of hydrogen-bond donors (Lipinski definition) is 1. The third-order valence-corrected chi connectivity index (χ3v) is 4.54. The van der Waals surface area contributed by atoms with Gasteiger partial charge in [0.25, 0.3) is 11.8 Å². The van der Waals surface area contributed by atoms with Gasteiger partial charge in [-0.25, -0.2) is 4.98 Å². The third-order valence-electron chi connectivity index (χ3n) is 4.23. The van der Waals surface area contributed by atoms with Crippen LogP contribution in [0.3, 0.4) is 0 Å².